The summed E-state index contributed by atoms with van der Waals surface area (Å²) in [7, 11) is 3.49. The third-order valence-corrected chi connectivity index (χ3v) is 4.81. The number of nitrogens with zero attached hydrogens (tertiary/aromatic N) is 2. The summed E-state index contributed by atoms with van der Waals surface area (Å²) in [6.07, 6.45) is 6.38. The van der Waals surface area contributed by atoms with E-state index in [0.29, 0.717) is 10.9 Å². The molecule has 0 atom stereocenters. The Kier molecular flexibility index (Phi) is 4.22. The molecule has 0 saturated heterocycles. The number of esters is 1. The van der Waals surface area contributed by atoms with E-state index in [1.165, 1.54) is 50.6 Å². The van der Waals surface area contributed by atoms with Gasteiger partial charge in [0.1, 0.15) is 4.88 Å². The standard InChI is InChI=1S/C13H20N2O2S/c1-9-11(12(16)17-3)18-13(14-9)15(2)10-7-5-4-6-8-10/h10H,4-8H2,1-3H3. The van der Waals surface area contributed by atoms with Gasteiger partial charge in [-0.15, -0.1) is 0 Å². The van der Waals surface area contributed by atoms with Crippen LogP contribution in [0.3, 0.4) is 0 Å². The first-order chi connectivity index (χ1) is 8.63. The van der Waals surface area contributed by atoms with E-state index >= 15 is 0 Å². The van der Waals surface area contributed by atoms with Crippen molar-refractivity contribution in [3.8, 4) is 0 Å². The summed E-state index contributed by atoms with van der Waals surface area (Å²) in [5, 5.41) is 0.930. The van der Waals surface area contributed by atoms with Gasteiger partial charge in [0, 0.05) is 13.1 Å². The molecule has 1 aromatic heterocycles. The number of thiazole rings is 1. The van der Waals surface area contributed by atoms with Crippen LogP contribution in [0.1, 0.15) is 47.5 Å². The molecule has 0 amide bonds. The predicted octanol–water partition coefficient (Wildman–Crippen LogP) is 3.01. The molecule has 5 heteroatoms. The fourth-order valence-electron chi connectivity index (χ4n) is 2.44. The molecule has 1 heterocycles. The summed E-state index contributed by atoms with van der Waals surface area (Å²) < 4.78 is 4.77. The van der Waals surface area contributed by atoms with E-state index in [2.05, 4.69) is 16.9 Å². The van der Waals surface area contributed by atoms with Gasteiger partial charge in [-0.25, -0.2) is 9.78 Å². The van der Waals surface area contributed by atoms with Gasteiger partial charge in [0.05, 0.1) is 12.8 Å². The molecule has 1 aliphatic rings. The van der Waals surface area contributed by atoms with Crippen molar-refractivity contribution in [1.82, 2.24) is 4.98 Å². The van der Waals surface area contributed by atoms with Crippen LogP contribution in [0.5, 0.6) is 0 Å². The predicted molar refractivity (Wildman–Crippen MR) is 73.5 cm³/mol. The minimum atomic E-state index is -0.284. The Hall–Kier alpha value is -1.10. The zero-order valence-electron chi connectivity index (χ0n) is 11.2. The number of carbonyl (C=O) groups is 1. The molecule has 0 N–H and O–H groups in total. The number of ether oxygens (including phenoxy) is 1. The van der Waals surface area contributed by atoms with Crippen molar-refractivity contribution in [2.24, 2.45) is 0 Å². The zero-order chi connectivity index (χ0) is 13.1. The fourth-order valence-corrected chi connectivity index (χ4v) is 3.46. The van der Waals surface area contributed by atoms with Crippen LogP contribution in [0, 0.1) is 6.92 Å². The van der Waals surface area contributed by atoms with E-state index in [-0.39, 0.29) is 5.97 Å². The summed E-state index contributed by atoms with van der Waals surface area (Å²) in [5.41, 5.74) is 0.768. The molecule has 0 aromatic carbocycles. The first-order valence-electron chi connectivity index (χ1n) is 6.42. The minimum Gasteiger partial charge on any atom is -0.465 e. The highest BCUT2D eigenvalue weighted by molar-refractivity contribution is 7.17. The normalized spacial score (nSPS) is 16.6. The number of carbonyl (C=O) groups excluding carboxylic acids is 1. The van der Waals surface area contributed by atoms with Gasteiger partial charge >= 0.3 is 5.97 Å². The smallest absolute Gasteiger partial charge is 0.350 e. The first-order valence-corrected chi connectivity index (χ1v) is 7.23. The van der Waals surface area contributed by atoms with Crippen LogP contribution in [0.25, 0.3) is 0 Å². The molecule has 1 aromatic rings. The van der Waals surface area contributed by atoms with Gasteiger partial charge in [-0.2, -0.15) is 0 Å². The Morgan fingerprint density at radius 3 is 2.67 bits per heavy atom. The molecular weight excluding hydrogens is 248 g/mol. The lowest BCUT2D eigenvalue weighted by Gasteiger charge is -2.30. The van der Waals surface area contributed by atoms with Crippen molar-refractivity contribution >= 4 is 22.4 Å². The van der Waals surface area contributed by atoms with Crippen LogP contribution < -0.4 is 4.90 Å². The van der Waals surface area contributed by atoms with Crippen LogP contribution in [-0.4, -0.2) is 31.2 Å². The molecule has 0 radical (unpaired) electrons. The topological polar surface area (TPSA) is 42.4 Å². The molecule has 1 saturated carbocycles. The highest BCUT2D eigenvalue weighted by Gasteiger charge is 2.23. The van der Waals surface area contributed by atoms with Crippen molar-refractivity contribution in [3.05, 3.63) is 10.6 Å². The maximum atomic E-state index is 11.6. The lowest BCUT2D eigenvalue weighted by Crippen LogP contribution is -2.33. The number of aromatic nitrogens is 1. The van der Waals surface area contributed by atoms with Crippen molar-refractivity contribution in [1.29, 1.82) is 0 Å². The molecule has 0 unspecified atom stereocenters. The summed E-state index contributed by atoms with van der Waals surface area (Å²) in [6.45, 7) is 1.86. The summed E-state index contributed by atoms with van der Waals surface area (Å²) in [5.74, 6) is -0.284. The lowest BCUT2D eigenvalue weighted by molar-refractivity contribution is 0.0605. The van der Waals surface area contributed by atoms with Crippen LogP contribution in [0.2, 0.25) is 0 Å². The van der Waals surface area contributed by atoms with Crippen molar-refractivity contribution in [2.75, 3.05) is 19.1 Å². The fraction of sp³-hybridized carbons (Fsp3) is 0.692. The van der Waals surface area contributed by atoms with Gasteiger partial charge in [0.25, 0.3) is 0 Å². The van der Waals surface area contributed by atoms with E-state index in [0.717, 1.165) is 10.8 Å². The third-order valence-electron chi connectivity index (χ3n) is 3.58. The first kappa shape index (κ1) is 13.3. The molecule has 0 spiro atoms. The Bertz CT molecular complexity index is 425. The van der Waals surface area contributed by atoms with E-state index in [1.54, 1.807) is 0 Å². The highest BCUT2D eigenvalue weighted by Crippen LogP contribution is 2.31. The summed E-state index contributed by atoms with van der Waals surface area (Å²) in [4.78, 5) is 18.9. The van der Waals surface area contributed by atoms with E-state index in [4.69, 9.17) is 4.74 Å². The highest BCUT2D eigenvalue weighted by atomic mass is 32.1. The van der Waals surface area contributed by atoms with Crippen molar-refractivity contribution in [2.45, 2.75) is 45.1 Å². The molecule has 0 bridgehead atoms. The molecule has 2 rings (SSSR count). The van der Waals surface area contributed by atoms with Crippen LogP contribution in [-0.2, 0) is 4.74 Å². The number of hydrogen-bond acceptors (Lipinski definition) is 5. The molecule has 1 aliphatic carbocycles. The number of aryl methyl sites for hydroxylation is 1. The lowest BCUT2D eigenvalue weighted by atomic mass is 9.95. The monoisotopic (exact) mass is 268 g/mol. The molecule has 0 aliphatic heterocycles. The Morgan fingerprint density at radius 1 is 1.39 bits per heavy atom. The van der Waals surface area contributed by atoms with Crippen LogP contribution in [0.4, 0.5) is 5.13 Å². The molecule has 1 fully saturated rings. The van der Waals surface area contributed by atoms with Gasteiger partial charge < -0.3 is 9.64 Å². The van der Waals surface area contributed by atoms with Crippen molar-refractivity contribution < 1.29 is 9.53 Å². The second-order valence-corrected chi connectivity index (χ2v) is 5.78. The molecule has 18 heavy (non-hydrogen) atoms. The average Bonchev–Trinajstić information content (AvgIpc) is 2.80. The van der Waals surface area contributed by atoms with Crippen molar-refractivity contribution in [3.63, 3.8) is 0 Å². The Labute approximate surface area is 112 Å². The van der Waals surface area contributed by atoms with Gasteiger partial charge in [-0.3, -0.25) is 0 Å². The number of methoxy groups -OCH3 is 1. The number of hydrogen-bond donors (Lipinski definition) is 0. The van der Waals surface area contributed by atoms with E-state index in [1.807, 2.05) is 6.92 Å². The number of anilines is 1. The van der Waals surface area contributed by atoms with Gasteiger partial charge in [0.15, 0.2) is 5.13 Å². The zero-order valence-corrected chi connectivity index (χ0v) is 12.0. The third kappa shape index (κ3) is 2.66. The maximum absolute atomic E-state index is 11.6. The van der Waals surface area contributed by atoms with Gasteiger partial charge in [-0.1, -0.05) is 30.6 Å². The number of rotatable bonds is 3. The minimum absolute atomic E-state index is 0.284. The van der Waals surface area contributed by atoms with E-state index in [9.17, 15) is 4.79 Å². The van der Waals surface area contributed by atoms with Gasteiger partial charge in [-0.05, 0) is 19.8 Å². The second-order valence-electron chi connectivity index (χ2n) is 4.81. The SMILES string of the molecule is COC(=O)c1sc(N(C)C2CCCCC2)nc1C. The van der Waals surface area contributed by atoms with Crippen LogP contribution >= 0.6 is 11.3 Å². The molecule has 4 nitrogen and oxygen atoms in total. The quantitative estimate of drug-likeness (QED) is 0.790. The average molecular weight is 268 g/mol. The van der Waals surface area contributed by atoms with Crippen LogP contribution in [0.15, 0.2) is 0 Å². The molecule has 100 valence electrons. The largest absolute Gasteiger partial charge is 0.465 e. The Morgan fingerprint density at radius 2 is 2.06 bits per heavy atom. The molecular formula is C13H20N2O2S. The Balaban J connectivity index is 2.15. The maximum Gasteiger partial charge on any atom is 0.350 e. The van der Waals surface area contributed by atoms with Gasteiger partial charge in [0.2, 0.25) is 0 Å². The summed E-state index contributed by atoms with van der Waals surface area (Å²) in [6, 6.07) is 0.565. The van der Waals surface area contributed by atoms with E-state index < -0.39 is 0 Å². The second kappa shape index (κ2) is 5.69. The summed E-state index contributed by atoms with van der Waals surface area (Å²) >= 11 is 1.43.